The highest BCUT2D eigenvalue weighted by molar-refractivity contribution is 5.85. The first-order valence-corrected chi connectivity index (χ1v) is 6.92. The highest BCUT2D eigenvalue weighted by atomic mass is 16.6. The van der Waals surface area contributed by atoms with Crippen LogP contribution in [0.15, 0.2) is 24.4 Å². The highest BCUT2D eigenvalue weighted by Gasteiger charge is 2.20. The Balaban J connectivity index is 2.73. The Bertz CT molecular complexity index is 492. The van der Waals surface area contributed by atoms with Gasteiger partial charge in [0.05, 0.1) is 6.61 Å². The van der Waals surface area contributed by atoms with E-state index >= 15 is 0 Å². The van der Waals surface area contributed by atoms with E-state index in [0.29, 0.717) is 25.3 Å². The topological polar surface area (TPSA) is 77.8 Å². The monoisotopic (exact) mass is 295 g/mol. The smallest absolute Gasteiger partial charge is 0.329 e. The summed E-state index contributed by atoms with van der Waals surface area (Å²) in [7, 11) is 0. The SMILES string of the molecule is CCOCCOC(=O)C(CC)n1cccc1/C=C/C(=O)O. The predicted octanol–water partition coefficient (Wildman–Crippen LogP) is 2.12. The zero-order valence-electron chi connectivity index (χ0n) is 12.3. The number of nitrogens with zero attached hydrogens (tertiary/aromatic N) is 1. The zero-order valence-corrected chi connectivity index (χ0v) is 12.3. The summed E-state index contributed by atoms with van der Waals surface area (Å²) in [5, 5.41) is 8.67. The standard InChI is InChI=1S/C15H21NO5/c1-3-13(15(19)21-11-10-20-4-2)16-9-5-6-12(16)7-8-14(17)18/h5-9,13H,3-4,10-11H2,1-2H3,(H,17,18)/b8-7+. The van der Waals surface area contributed by atoms with Crippen LogP contribution < -0.4 is 0 Å². The number of carbonyl (C=O) groups excluding carboxylic acids is 1. The fourth-order valence-corrected chi connectivity index (χ4v) is 1.91. The molecule has 6 nitrogen and oxygen atoms in total. The Labute approximate surface area is 124 Å². The number of carbonyl (C=O) groups is 2. The molecule has 0 saturated heterocycles. The number of ether oxygens (including phenoxy) is 2. The third-order valence-electron chi connectivity index (χ3n) is 2.88. The molecule has 0 fully saturated rings. The molecule has 0 aromatic carbocycles. The van der Waals surface area contributed by atoms with Crippen LogP contribution in [0.3, 0.4) is 0 Å². The van der Waals surface area contributed by atoms with Crippen LogP contribution >= 0.6 is 0 Å². The van der Waals surface area contributed by atoms with Gasteiger partial charge in [0.25, 0.3) is 0 Å². The minimum atomic E-state index is -1.03. The summed E-state index contributed by atoms with van der Waals surface area (Å²) in [5.41, 5.74) is 0.644. The van der Waals surface area contributed by atoms with Gasteiger partial charge < -0.3 is 19.1 Å². The van der Waals surface area contributed by atoms with Crippen molar-refractivity contribution in [1.82, 2.24) is 4.57 Å². The summed E-state index contributed by atoms with van der Waals surface area (Å²) in [6.07, 6.45) is 4.78. The number of carboxylic acid groups (broad SMARTS) is 1. The summed E-state index contributed by atoms with van der Waals surface area (Å²) in [4.78, 5) is 22.7. The zero-order chi connectivity index (χ0) is 15.7. The van der Waals surface area contributed by atoms with Crippen molar-refractivity contribution >= 4 is 18.0 Å². The van der Waals surface area contributed by atoms with Crippen molar-refractivity contribution in [2.24, 2.45) is 0 Å². The van der Waals surface area contributed by atoms with Gasteiger partial charge in [-0.15, -0.1) is 0 Å². The van der Waals surface area contributed by atoms with Crippen LogP contribution in [0.2, 0.25) is 0 Å². The molecule has 1 rings (SSSR count). The molecule has 0 radical (unpaired) electrons. The van der Waals surface area contributed by atoms with Crippen LogP contribution in [0.4, 0.5) is 0 Å². The molecule has 0 bridgehead atoms. The van der Waals surface area contributed by atoms with Crippen molar-refractivity contribution in [1.29, 1.82) is 0 Å². The highest BCUT2D eigenvalue weighted by Crippen LogP contribution is 2.18. The summed E-state index contributed by atoms with van der Waals surface area (Å²) in [6.45, 7) is 4.91. The van der Waals surface area contributed by atoms with Gasteiger partial charge in [0.1, 0.15) is 12.6 Å². The normalized spacial score (nSPS) is 12.5. The van der Waals surface area contributed by atoms with Crippen molar-refractivity contribution < 1.29 is 24.2 Å². The van der Waals surface area contributed by atoms with E-state index in [-0.39, 0.29) is 12.6 Å². The molecule has 0 saturated carbocycles. The van der Waals surface area contributed by atoms with Crippen molar-refractivity contribution in [3.05, 3.63) is 30.1 Å². The van der Waals surface area contributed by atoms with Crippen LogP contribution in [0, 0.1) is 0 Å². The quantitative estimate of drug-likeness (QED) is 0.429. The maximum Gasteiger partial charge on any atom is 0.329 e. The second-order valence-corrected chi connectivity index (χ2v) is 4.30. The summed E-state index contributed by atoms with van der Waals surface area (Å²) >= 11 is 0. The van der Waals surface area contributed by atoms with Gasteiger partial charge in [-0.05, 0) is 31.6 Å². The maximum atomic E-state index is 12.1. The van der Waals surface area contributed by atoms with E-state index in [0.717, 1.165) is 6.08 Å². The molecule has 1 aromatic heterocycles. The van der Waals surface area contributed by atoms with Gasteiger partial charge in [-0.1, -0.05) is 6.92 Å². The average molecular weight is 295 g/mol. The minimum absolute atomic E-state index is 0.213. The van der Waals surface area contributed by atoms with Crippen LogP contribution in [0.5, 0.6) is 0 Å². The average Bonchev–Trinajstić information content (AvgIpc) is 2.90. The summed E-state index contributed by atoms with van der Waals surface area (Å²) in [5.74, 6) is -1.38. The first kappa shape index (κ1) is 17.0. The van der Waals surface area contributed by atoms with E-state index < -0.39 is 12.0 Å². The van der Waals surface area contributed by atoms with Gasteiger partial charge in [0.2, 0.25) is 0 Å². The Morgan fingerprint density at radius 3 is 2.76 bits per heavy atom. The number of rotatable bonds is 9. The maximum absolute atomic E-state index is 12.1. The number of hydrogen-bond acceptors (Lipinski definition) is 4. The molecule has 1 unspecified atom stereocenters. The van der Waals surface area contributed by atoms with Crippen molar-refractivity contribution in [2.75, 3.05) is 19.8 Å². The van der Waals surface area contributed by atoms with E-state index in [1.54, 1.807) is 22.9 Å². The molecular weight excluding hydrogens is 274 g/mol. The summed E-state index contributed by atoms with van der Waals surface area (Å²) < 4.78 is 12.0. The Hall–Kier alpha value is -2.08. The summed E-state index contributed by atoms with van der Waals surface area (Å²) in [6, 6.07) is 3.03. The van der Waals surface area contributed by atoms with Gasteiger partial charge in [-0.2, -0.15) is 0 Å². The molecule has 1 heterocycles. The fourth-order valence-electron chi connectivity index (χ4n) is 1.91. The van der Waals surface area contributed by atoms with Crippen molar-refractivity contribution in [3.8, 4) is 0 Å². The lowest BCUT2D eigenvalue weighted by atomic mass is 10.2. The number of aromatic nitrogens is 1. The van der Waals surface area contributed by atoms with E-state index in [9.17, 15) is 9.59 Å². The van der Waals surface area contributed by atoms with Crippen molar-refractivity contribution in [2.45, 2.75) is 26.3 Å². The molecule has 1 aromatic rings. The lowest BCUT2D eigenvalue weighted by molar-refractivity contribution is -0.149. The van der Waals surface area contributed by atoms with Crippen LogP contribution in [-0.2, 0) is 19.1 Å². The predicted molar refractivity (Wildman–Crippen MR) is 77.9 cm³/mol. The molecule has 0 aliphatic carbocycles. The molecule has 0 aliphatic heterocycles. The van der Waals surface area contributed by atoms with E-state index in [4.69, 9.17) is 14.6 Å². The third-order valence-corrected chi connectivity index (χ3v) is 2.88. The molecule has 21 heavy (non-hydrogen) atoms. The molecule has 116 valence electrons. The number of esters is 1. The molecular formula is C15H21NO5. The van der Waals surface area contributed by atoms with Gasteiger partial charge in [-0.3, -0.25) is 0 Å². The lowest BCUT2D eigenvalue weighted by Gasteiger charge is -2.18. The number of hydrogen-bond donors (Lipinski definition) is 1. The van der Waals surface area contributed by atoms with E-state index in [2.05, 4.69) is 0 Å². The number of aliphatic carboxylic acids is 1. The molecule has 6 heteroatoms. The first-order chi connectivity index (χ1) is 10.1. The second kappa shape index (κ2) is 8.97. The van der Waals surface area contributed by atoms with Gasteiger partial charge in [-0.25, -0.2) is 9.59 Å². The largest absolute Gasteiger partial charge is 0.478 e. The Kier molecular flexibility index (Phi) is 7.25. The molecule has 0 aliphatic rings. The Morgan fingerprint density at radius 2 is 2.14 bits per heavy atom. The van der Waals surface area contributed by atoms with Crippen LogP contribution in [0.25, 0.3) is 6.08 Å². The van der Waals surface area contributed by atoms with Gasteiger partial charge in [0, 0.05) is 24.6 Å². The second-order valence-electron chi connectivity index (χ2n) is 4.30. The first-order valence-electron chi connectivity index (χ1n) is 6.92. The fraction of sp³-hybridized carbons (Fsp3) is 0.467. The molecule has 0 amide bonds. The third kappa shape index (κ3) is 5.43. The van der Waals surface area contributed by atoms with E-state index in [1.807, 2.05) is 13.8 Å². The Morgan fingerprint density at radius 1 is 1.38 bits per heavy atom. The van der Waals surface area contributed by atoms with Crippen LogP contribution in [-0.4, -0.2) is 41.4 Å². The number of carboxylic acids is 1. The van der Waals surface area contributed by atoms with Crippen LogP contribution in [0.1, 0.15) is 32.0 Å². The van der Waals surface area contributed by atoms with Gasteiger partial charge in [0.15, 0.2) is 0 Å². The van der Waals surface area contributed by atoms with E-state index in [1.165, 1.54) is 6.08 Å². The van der Waals surface area contributed by atoms with Crippen molar-refractivity contribution in [3.63, 3.8) is 0 Å². The van der Waals surface area contributed by atoms with Gasteiger partial charge >= 0.3 is 11.9 Å². The minimum Gasteiger partial charge on any atom is -0.478 e. The molecule has 1 N–H and O–H groups in total. The lowest BCUT2D eigenvalue weighted by Crippen LogP contribution is -2.23. The molecule has 1 atom stereocenters. The molecule has 0 spiro atoms.